The number of anilines is 1. The van der Waals surface area contributed by atoms with E-state index < -0.39 is 34.3 Å². The molecule has 0 fully saturated rings. The second-order valence-corrected chi connectivity index (χ2v) is 12.2. The van der Waals surface area contributed by atoms with E-state index in [1.54, 1.807) is 44.2 Å². The van der Waals surface area contributed by atoms with Gasteiger partial charge in [-0.15, -0.1) is 0 Å². The van der Waals surface area contributed by atoms with E-state index in [9.17, 15) is 22.4 Å². The first-order valence-electron chi connectivity index (χ1n) is 13.3. The number of benzene rings is 3. The lowest BCUT2D eigenvalue weighted by Gasteiger charge is -2.34. The van der Waals surface area contributed by atoms with Gasteiger partial charge in [0, 0.05) is 12.6 Å². The lowest BCUT2D eigenvalue weighted by atomic mass is 10.1. The zero-order valence-electron chi connectivity index (χ0n) is 23.9. The van der Waals surface area contributed by atoms with Crippen LogP contribution in [0.1, 0.15) is 49.4 Å². The number of amides is 2. The van der Waals surface area contributed by atoms with Crippen molar-refractivity contribution in [1.29, 1.82) is 0 Å². The molecule has 0 aliphatic heterocycles. The summed E-state index contributed by atoms with van der Waals surface area (Å²) in [7, 11) is -4.15. The highest BCUT2D eigenvalue weighted by Gasteiger charge is 2.34. The van der Waals surface area contributed by atoms with Gasteiger partial charge in [-0.05, 0) is 88.1 Å². The molecular formula is C31H38FN3O4S. The number of nitrogens with zero attached hydrogens (tertiary/aromatic N) is 2. The molecule has 0 saturated carbocycles. The van der Waals surface area contributed by atoms with Gasteiger partial charge in [-0.2, -0.15) is 0 Å². The highest BCUT2D eigenvalue weighted by molar-refractivity contribution is 7.92. The van der Waals surface area contributed by atoms with E-state index >= 15 is 0 Å². The SMILES string of the molecule is CC[C@@H](C(=O)NC(C)C)N(Cc1ccc(F)cc1)C(=O)CN(c1cc(C)ccc1C)S(=O)(=O)c1ccc(C)cc1. The Kier molecular flexibility index (Phi) is 10.1. The van der Waals surface area contributed by atoms with Crippen LogP contribution in [0.25, 0.3) is 0 Å². The van der Waals surface area contributed by atoms with Crippen molar-refractivity contribution in [2.45, 2.75) is 71.5 Å². The first-order valence-corrected chi connectivity index (χ1v) is 14.8. The number of carbonyl (C=O) groups is 2. The van der Waals surface area contributed by atoms with Gasteiger partial charge in [-0.25, -0.2) is 12.8 Å². The average Bonchev–Trinajstić information content (AvgIpc) is 2.89. The average molecular weight is 568 g/mol. The van der Waals surface area contributed by atoms with Gasteiger partial charge >= 0.3 is 0 Å². The van der Waals surface area contributed by atoms with Crippen LogP contribution in [0.4, 0.5) is 10.1 Å². The maximum atomic E-state index is 14.1. The number of nitrogens with one attached hydrogen (secondary N) is 1. The van der Waals surface area contributed by atoms with Crippen LogP contribution in [-0.2, 0) is 26.2 Å². The molecule has 2 amide bonds. The highest BCUT2D eigenvalue weighted by Crippen LogP contribution is 2.29. The molecule has 3 aromatic rings. The third-order valence-corrected chi connectivity index (χ3v) is 8.38. The van der Waals surface area contributed by atoms with E-state index in [0.29, 0.717) is 23.2 Å². The van der Waals surface area contributed by atoms with Gasteiger partial charge in [0.1, 0.15) is 18.4 Å². The van der Waals surface area contributed by atoms with Crippen molar-refractivity contribution < 1.29 is 22.4 Å². The molecule has 0 aliphatic carbocycles. The molecule has 0 aliphatic rings. The number of halogens is 1. The summed E-state index contributed by atoms with van der Waals surface area (Å²) in [6.07, 6.45) is 0.305. The minimum Gasteiger partial charge on any atom is -0.352 e. The van der Waals surface area contributed by atoms with Crippen molar-refractivity contribution >= 4 is 27.5 Å². The quantitative estimate of drug-likeness (QED) is 0.342. The van der Waals surface area contributed by atoms with Gasteiger partial charge in [-0.3, -0.25) is 13.9 Å². The van der Waals surface area contributed by atoms with Crippen LogP contribution in [0.5, 0.6) is 0 Å². The van der Waals surface area contributed by atoms with Crippen LogP contribution in [0.2, 0.25) is 0 Å². The third-order valence-electron chi connectivity index (χ3n) is 6.60. The first-order chi connectivity index (χ1) is 18.8. The highest BCUT2D eigenvalue weighted by atomic mass is 32.2. The molecule has 0 saturated heterocycles. The summed E-state index contributed by atoms with van der Waals surface area (Å²) in [6, 6.07) is 16.6. The summed E-state index contributed by atoms with van der Waals surface area (Å²) in [5.41, 5.74) is 3.42. The molecule has 3 aromatic carbocycles. The molecule has 0 bridgehead atoms. The zero-order valence-corrected chi connectivity index (χ0v) is 24.8. The fraction of sp³-hybridized carbons (Fsp3) is 0.355. The third kappa shape index (κ3) is 7.47. The number of aryl methyl sites for hydroxylation is 3. The Balaban J connectivity index is 2.10. The molecular weight excluding hydrogens is 529 g/mol. The second kappa shape index (κ2) is 13.1. The summed E-state index contributed by atoms with van der Waals surface area (Å²) < 4.78 is 42.8. The van der Waals surface area contributed by atoms with Crippen molar-refractivity contribution in [3.8, 4) is 0 Å². The molecule has 214 valence electrons. The fourth-order valence-corrected chi connectivity index (χ4v) is 5.90. The molecule has 40 heavy (non-hydrogen) atoms. The Morgan fingerprint density at radius 2 is 1.50 bits per heavy atom. The Bertz CT molecular complexity index is 1440. The van der Waals surface area contributed by atoms with Gasteiger partial charge in [0.2, 0.25) is 11.8 Å². The predicted molar refractivity (Wildman–Crippen MR) is 156 cm³/mol. The maximum absolute atomic E-state index is 14.1. The zero-order chi connectivity index (χ0) is 29.6. The van der Waals surface area contributed by atoms with Crippen LogP contribution in [0.15, 0.2) is 71.6 Å². The normalized spacial score (nSPS) is 12.2. The lowest BCUT2D eigenvalue weighted by Crippen LogP contribution is -2.53. The predicted octanol–water partition coefficient (Wildman–Crippen LogP) is 5.28. The van der Waals surface area contributed by atoms with E-state index in [0.717, 1.165) is 15.4 Å². The van der Waals surface area contributed by atoms with Gasteiger partial charge in [0.25, 0.3) is 10.0 Å². The number of rotatable bonds is 11. The number of hydrogen-bond donors (Lipinski definition) is 1. The molecule has 0 aromatic heterocycles. The number of carbonyl (C=O) groups excluding carboxylic acids is 2. The van der Waals surface area contributed by atoms with Gasteiger partial charge in [0.15, 0.2) is 0 Å². The summed E-state index contributed by atoms with van der Waals surface area (Å²) in [5.74, 6) is -1.31. The molecule has 1 atom stereocenters. The summed E-state index contributed by atoms with van der Waals surface area (Å²) in [6.45, 7) is 10.4. The smallest absolute Gasteiger partial charge is 0.264 e. The van der Waals surface area contributed by atoms with E-state index in [2.05, 4.69) is 5.32 Å². The number of hydrogen-bond acceptors (Lipinski definition) is 4. The topological polar surface area (TPSA) is 86.8 Å². The van der Waals surface area contributed by atoms with E-state index in [4.69, 9.17) is 0 Å². The Morgan fingerprint density at radius 1 is 0.900 bits per heavy atom. The maximum Gasteiger partial charge on any atom is 0.264 e. The monoisotopic (exact) mass is 567 g/mol. The fourth-order valence-electron chi connectivity index (χ4n) is 4.43. The van der Waals surface area contributed by atoms with Crippen molar-refractivity contribution in [3.05, 3.63) is 94.8 Å². The van der Waals surface area contributed by atoms with Crippen LogP contribution >= 0.6 is 0 Å². The number of sulfonamides is 1. The largest absolute Gasteiger partial charge is 0.352 e. The van der Waals surface area contributed by atoms with Crippen LogP contribution in [0, 0.1) is 26.6 Å². The van der Waals surface area contributed by atoms with Gasteiger partial charge < -0.3 is 10.2 Å². The molecule has 0 unspecified atom stereocenters. The van der Waals surface area contributed by atoms with Gasteiger partial charge in [0.05, 0.1) is 10.6 Å². The minimum absolute atomic E-state index is 0.00829. The van der Waals surface area contributed by atoms with Crippen molar-refractivity contribution in [2.24, 2.45) is 0 Å². The first kappa shape index (κ1) is 30.8. The van der Waals surface area contributed by atoms with E-state index in [-0.39, 0.29) is 23.4 Å². The molecule has 0 spiro atoms. The molecule has 0 radical (unpaired) electrons. The summed E-state index contributed by atoms with van der Waals surface area (Å²) in [5, 5.41) is 2.86. The van der Waals surface area contributed by atoms with E-state index in [1.807, 2.05) is 39.8 Å². The molecule has 9 heteroatoms. The Labute approximate surface area is 237 Å². The molecule has 7 nitrogen and oxygen atoms in total. The van der Waals surface area contributed by atoms with Crippen LogP contribution in [0.3, 0.4) is 0 Å². The van der Waals surface area contributed by atoms with Crippen molar-refractivity contribution in [1.82, 2.24) is 10.2 Å². The van der Waals surface area contributed by atoms with Crippen LogP contribution in [-0.4, -0.2) is 43.8 Å². The summed E-state index contributed by atoms with van der Waals surface area (Å²) >= 11 is 0. The van der Waals surface area contributed by atoms with Gasteiger partial charge in [-0.1, -0.05) is 48.9 Å². The Morgan fingerprint density at radius 3 is 2.08 bits per heavy atom. The molecule has 1 N–H and O–H groups in total. The molecule has 3 rings (SSSR count). The van der Waals surface area contributed by atoms with E-state index in [1.165, 1.54) is 29.2 Å². The standard InChI is InChI=1S/C31H38FN3O4S/c1-7-28(31(37)33-21(2)3)34(19-25-12-14-26(32)15-13-25)30(36)20-35(29-18-23(5)8-11-24(29)6)40(38,39)27-16-9-22(4)10-17-27/h8-18,21,28H,7,19-20H2,1-6H3,(H,33,37)/t28-/m0/s1. The van der Waals surface area contributed by atoms with Crippen molar-refractivity contribution in [2.75, 3.05) is 10.8 Å². The lowest BCUT2D eigenvalue weighted by molar-refractivity contribution is -0.140. The second-order valence-electron chi connectivity index (χ2n) is 10.4. The minimum atomic E-state index is -4.15. The summed E-state index contributed by atoms with van der Waals surface area (Å²) in [4.78, 5) is 28.7. The van der Waals surface area contributed by atoms with Crippen LogP contribution < -0.4 is 9.62 Å². The van der Waals surface area contributed by atoms with Crippen molar-refractivity contribution in [3.63, 3.8) is 0 Å². The Hall–Kier alpha value is -3.72. The molecule has 0 heterocycles.